The maximum Gasteiger partial charge on any atom is 0.307 e. The first-order valence-electron chi connectivity index (χ1n) is 9.39. The summed E-state index contributed by atoms with van der Waals surface area (Å²) in [5, 5.41) is 12.3. The molecule has 0 spiro atoms. The molecule has 1 aliphatic carbocycles. The lowest BCUT2D eigenvalue weighted by atomic mass is 9.96. The molecule has 1 saturated carbocycles. The number of ketones is 1. The SMILES string of the molecule is COc1ccc(CC(=O)O)cc1-c1ccc(F)cc1CNCCC(=O)C1CC1. The van der Waals surface area contributed by atoms with Gasteiger partial charge in [-0.25, -0.2) is 4.39 Å². The Bertz CT molecular complexity index is 877. The van der Waals surface area contributed by atoms with Crippen LogP contribution in [0.1, 0.15) is 30.4 Å². The van der Waals surface area contributed by atoms with Gasteiger partial charge in [-0.3, -0.25) is 9.59 Å². The Balaban J connectivity index is 1.80. The predicted molar refractivity (Wildman–Crippen MR) is 104 cm³/mol. The third-order valence-electron chi connectivity index (χ3n) is 4.87. The second kappa shape index (κ2) is 8.97. The number of methoxy groups -OCH3 is 1. The molecule has 0 heterocycles. The van der Waals surface area contributed by atoms with E-state index in [9.17, 15) is 14.0 Å². The first-order chi connectivity index (χ1) is 13.5. The average Bonchev–Trinajstić information content (AvgIpc) is 3.50. The van der Waals surface area contributed by atoms with Crippen molar-refractivity contribution in [3.63, 3.8) is 0 Å². The third-order valence-corrected chi connectivity index (χ3v) is 4.87. The monoisotopic (exact) mass is 385 g/mol. The van der Waals surface area contributed by atoms with Crippen LogP contribution in [0, 0.1) is 11.7 Å². The van der Waals surface area contributed by atoms with Crippen molar-refractivity contribution in [3.8, 4) is 16.9 Å². The van der Waals surface area contributed by atoms with Crippen LogP contribution >= 0.6 is 0 Å². The number of ether oxygens (including phenoxy) is 1. The lowest BCUT2D eigenvalue weighted by Crippen LogP contribution is -2.19. The van der Waals surface area contributed by atoms with Gasteiger partial charge in [0.1, 0.15) is 17.3 Å². The van der Waals surface area contributed by atoms with Gasteiger partial charge in [-0.05, 0) is 53.8 Å². The molecule has 2 N–H and O–H groups in total. The summed E-state index contributed by atoms with van der Waals surface area (Å²) in [6.07, 6.45) is 2.38. The van der Waals surface area contributed by atoms with Gasteiger partial charge in [-0.1, -0.05) is 12.1 Å². The second-order valence-corrected chi connectivity index (χ2v) is 7.07. The number of aliphatic carboxylic acids is 1. The lowest BCUT2D eigenvalue weighted by Gasteiger charge is -2.15. The zero-order valence-electron chi connectivity index (χ0n) is 15.8. The topological polar surface area (TPSA) is 75.6 Å². The molecule has 0 saturated heterocycles. The molecule has 1 fully saturated rings. The van der Waals surface area contributed by atoms with Crippen LogP contribution in [0.3, 0.4) is 0 Å². The summed E-state index contributed by atoms with van der Waals surface area (Å²) in [4.78, 5) is 22.8. The number of nitrogens with one attached hydrogen (secondary N) is 1. The summed E-state index contributed by atoms with van der Waals surface area (Å²) in [6.45, 7) is 0.943. The fourth-order valence-electron chi connectivity index (χ4n) is 3.27. The fourth-order valence-corrected chi connectivity index (χ4v) is 3.27. The average molecular weight is 385 g/mol. The molecule has 0 radical (unpaired) electrons. The summed E-state index contributed by atoms with van der Waals surface area (Å²) in [5.41, 5.74) is 2.85. The zero-order chi connectivity index (χ0) is 20.1. The molecule has 1 aliphatic rings. The van der Waals surface area contributed by atoms with Gasteiger partial charge in [0.05, 0.1) is 13.5 Å². The van der Waals surface area contributed by atoms with Crippen LogP contribution in [0.2, 0.25) is 0 Å². The summed E-state index contributed by atoms with van der Waals surface area (Å²) in [6, 6.07) is 9.70. The van der Waals surface area contributed by atoms with Crippen molar-refractivity contribution in [1.29, 1.82) is 0 Å². The number of benzene rings is 2. The molecule has 2 aromatic rings. The number of carbonyl (C=O) groups is 2. The van der Waals surface area contributed by atoms with Crippen molar-refractivity contribution in [1.82, 2.24) is 5.32 Å². The number of carboxylic acids is 1. The molecule has 0 bridgehead atoms. The van der Waals surface area contributed by atoms with Gasteiger partial charge in [0.15, 0.2) is 0 Å². The van der Waals surface area contributed by atoms with E-state index in [-0.39, 0.29) is 23.9 Å². The molecule has 0 unspecified atom stereocenters. The molecule has 148 valence electrons. The van der Waals surface area contributed by atoms with E-state index in [0.717, 1.165) is 24.0 Å². The Morgan fingerprint density at radius 1 is 1.18 bits per heavy atom. The van der Waals surface area contributed by atoms with Crippen molar-refractivity contribution >= 4 is 11.8 Å². The van der Waals surface area contributed by atoms with Gasteiger partial charge in [-0.2, -0.15) is 0 Å². The van der Waals surface area contributed by atoms with E-state index in [0.29, 0.717) is 36.4 Å². The number of hydrogen-bond donors (Lipinski definition) is 2. The number of carbonyl (C=O) groups excluding carboxylic acids is 1. The molecule has 0 amide bonds. The van der Waals surface area contributed by atoms with Gasteiger partial charge in [-0.15, -0.1) is 0 Å². The number of hydrogen-bond acceptors (Lipinski definition) is 4. The summed E-state index contributed by atoms with van der Waals surface area (Å²) in [7, 11) is 1.54. The van der Waals surface area contributed by atoms with E-state index in [2.05, 4.69) is 5.32 Å². The summed E-state index contributed by atoms with van der Waals surface area (Å²) in [5.74, 6) is -0.151. The highest BCUT2D eigenvalue weighted by Gasteiger charge is 2.28. The highest BCUT2D eigenvalue weighted by molar-refractivity contribution is 5.83. The van der Waals surface area contributed by atoms with Gasteiger partial charge in [0.2, 0.25) is 0 Å². The predicted octanol–water partition coefficient (Wildman–Crippen LogP) is 3.59. The van der Waals surface area contributed by atoms with Crippen LogP contribution in [-0.2, 0) is 22.6 Å². The molecular weight excluding hydrogens is 361 g/mol. The number of rotatable bonds is 10. The Kier molecular flexibility index (Phi) is 6.41. The van der Waals surface area contributed by atoms with E-state index in [4.69, 9.17) is 9.84 Å². The Morgan fingerprint density at radius 2 is 1.96 bits per heavy atom. The Hall–Kier alpha value is -2.73. The van der Waals surface area contributed by atoms with Crippen molar-refractivity contribution in [2.75, 3.05) is 13.7 Å². The number of Topliss-reactive ketones (excluding diaryl/α,β-unsaturated/α-hetero) is 1. The molecule has 0 atom stereocenters. The number of carboxylic acid groups (broad SMARTS) is 1. The van der Waals surface area contributed by atoms with E-state index in [1.807, 2.05) is 0 Å². The first-order valence-corrected chi connectivity index (χ1v) is 9.39. The van der Waals surface area contributed by atoms with Crippen LogP contribution < -0.4 is 10.1 Å². The molecule has 6 heteroatoms. The second-order valence-electron chi connectivity index (χ2n) is 7.07. The summed E-state index contributed by atoms with van der Waals surface area (Å²) >= 11 is 0. The minimum atomic E-state index is -0.919. The van der Waals surface area contributed by atoms with E-state index >= 15 is 0 Å². The van der Waals surface area contributed by atoms with E-state index < -0.39 is 5.97 Å². The maximum atomic E-state index is 13.9. The molecule has 0 aromatic heterocycles. The molecule has 3 rings (SSSR count). The van der Waals surface area contributed by atoms with Crippen LogP contribution in [0.25, 0.3) is 11.1 Å². The van der Waals surface area contributed by atoms with Crippen LogP contribution in [-0.4, -0.2) is 30.5 Å². The van der Waals surface area contributed by atoms with Crippen LogP contribution in [0.4, 0.5) is 4.39 Å². The highest BCUT2D eigenvalue weighted by Crippen LogP contribution is 2.34. The lowest BCUT2D eigenvalue weighted by molar-refractivity contribution is -0.136. The molecule has 2 aromatic carbocycles. The first kappa shape index (κ1) is 20.0. The minimum absolute atomic E-state index is 0.102. The standard InChI is InChI=1S/C22H24FNO4/c1-28-21-7-2-14(11-22(26)27)10-19(21)18-6-5-17(23)12-16(18)13-24-9-8-20(25)15-3-4-15/h2,5-7,10,12,15,24H,3-4,8-9,11,13H2,1H3,(H,26,27). The van der Waals surface area contributed by atoms with E-state index in [1.165, 1.54) is 12.1 Å². The van der Waals surface area contributed by atoms with Gasteiger partial charge in [0.25, 0.3) is 0 Å². The third kappa shape index (κ3) is 5.16. The van der Waals surface area contributed by atoms with E-state index in [1.54, 1.807) is 31.4 Å². The highest BCUT2D eigenvalue weighted by atomic mass is 19.1. The maximum absolute atomic E-state index is 13.9. The molecule has 0 aliphatic heterocycles. The smallest absolute Gasteiger partial charge is 0.307 e. The zero-order valence-corrected chi connectivity index (χ0v) is 15.8. The van der Waals surface area contributed by atoms with Gasteiger partial charge in [0, 0.05) is 31.0 Å². The summed E-state index contributed by atoms with van der Waals surface area (Å²) < 4.78 is 19.3. The minimum Gasteiger partial charge on any atom is -0.496 e. The Labute approximate surface area is 163 Å². The molecular formula is C22H24FNO4. The Morgan fingerprint density at radius 3 is 2.64 bits per heavy atom. The normalized spacial score (nSPS) is 13.4. The van der Waals surface area contributed by atoms with Gasteiger partial charge < -0.3 is 15.2 Å². The molecule has 5 nitrogen and oxygen atoms in total. The fraction of sp³-hybridized carbons (Fsp3) is 0.364. The van der Waals surface area contributed by atoms with Crippen molar-refractivity contribution < 1.29 is 23.8 Å². The van der Waals surface area contributed by atoms with Crippen molar-refractivity contribution in [2.24, 2.45) is 5.92 Å². The largest absolute Gasteiger partial charge is 0.496 e. The quantitative estimate of drug-likeness (QED) is 0.612. The van der Waals surface area contributed by atoms with Crippen molar-refractivity contribution in [2.45, 2.75) is 32.2 Å². The van der Waals surface area contributed by atoms with Crippen LogP contribution in [0.15, 0.2) is 36.4 Å². The number of halogens is 1. The van der Waals surface area contributed by atoms with Crippen molar-refractivity contribution in [3.05, 3.63) is 53.3 Å². The van der Waals surface area contributed by atoms with Crippen LogP contribution in [0.5, 0.6) is 5.75 Å². The molecule has 28 heavy (non-hydrogen) atoms. The van der Waals surface area contributed by atoms with Gasteiger partial charge >= 0.3 is 5.97 Å².